The van der Waals surface area contributed by atoms with Crippen LogP contribution in [0.25, 0.3) is 0 Å². The Labute approximate surface area is 142 Å². The fourth-order valence-electron chi connectivity index (χ4n) is 2.27. The van der Waals surface area contributed by atoms with Crippen LogP contribution in [0.2, 0.25) is 0 Å². The largest absolute Gasteiger partial charge is 0.481 e. The number of carbonyl (C=O) groups is 1. The Hall–Kier alpha value is -2.53. The number of aliphatic hydroxyl groups excluding tert-OH is 1. The molecule has 2 rings (SSSR count). The normalized spacial score (nSPS) is 11.7. The van der Waals surface area contributed by atoms with E-state index in [0.29, 0.717) is 18.0 Å². The molecular weight excluding hydrogens is 304 g/mol. The van der Waals surface area contributed by atoms with Crippen molar-refractivity contribution in [1.29, 1.82) is 0 Å². The Morgan fingerprint density at radius 3 is 2.58 bits per heavy atom. The molecule has 1 atom stereocenters. The Balaban J connectivity index is 1.93. The van der Waals surface area contributed by atoms with Crippen LogP contribution in [0.4, 0.5) is 11.4 Å². The van der Waals surface area contributed by atoms with Crippen molar-refractivity contribution < 1.29 is 14.6 Å². The first-order chi connectivity index (χ1) is 11.5. The lowest BCUT2D eigenvalue weighted by atomic mass is 10.2. The van der Waals surface area contributed by atoms with E-state index < -0.39 is 6.10 Å². The zero-order valence-electron chi connectivity index (χ0n) is 14.3. The average Bonchev–Trinajstić information content (AvgIpc) is 2.55. The number of likely N-dealkylation sites (N-methyl/N-ethyl adjacent to an activating group) is 1. The third-order valence-corrected chi connectivity index (χ3v) is 3.68. The lowest BCUT2D eigenvalue weighted by Crippen LogP contribution is -2.30. The van der Waals surface area contributed by atoms with Gasteiger partial charge in [-0.25, -0.2) is 0 Å². The number of carbonyl (C=O) groups excluding carboxylic acids is 1. The SMILES string of the molecule is Cc1cccc(OC(C)C(=O)Nc2ccc(N(C)CCO)cc2)c1. The van der Waals surface area contributed by atoms with Crippen LogP contribution in [0, 0.1) is 6.92 Å². The smallest absolute Gasteiger partial charge is 0.265 e. The van der Waals surface area contributed by atoms with Gasteiger partial charge in [-0.3, -0.25) is 4.79 Å². The van der Waals surface area contributed by atoms with Gasteiger partial charge in [0.15, 0.2) is 6.10 Å². The van der Waals surface area contributed by atoms with Gasteiger partial charge in [0, 0.05) is 25.0 Å². The molecule has 0 aromatic heterocycles. The second-order valence-electron chi connectivity index (χ2n) is 5.76. The van der Waals surface area contributed by atoms with E-state index >= 15 is 0 Å². The average molecular weight is 328 g/mol. The molecule has 128 valence electrons. The van der Waals surface area contributed by atoms with Gasteiger partial charge >= 0.3 is 0 Å². The van der Waals surface area contributed by atoms with E-state index in [2.05, 4.69) is 5.32 Å². The second-order valence-corrected chi connectivity index (χ2v) is 5.76. The summed E-state index contributed by atoms with van der Waals surface area (Å²) in [4.78, 5) is 14.2. The van der Waals surface area contributed by atoms with Crippen molar-refractivity contribution in [3.8, 4) is 5.75 Å². The van der Waals surface area contributed by atoms with E-state index in [1.54, 1.807) is 6.92 Å². The summed E-state index contributed by atoms with van der Waals surface area (Å²) in [6.45, 7) is 4.36. The van der Waals surface area contributed by atoms with Crippen molar-refractivity contribution in [1.82, 2.24) is 0 Å². The molecule has 0 spiro atoms. The fraction of sp³-hybridized carbons (Fsp3) is 0.316. The van der Waals surface area contributed by atoms with Crippen LogP contribution in [-0.2, 0) is 4.79 Å². The predicted octanol–water partition coefficient (Wildman–Crippen LogP) is 2.83. The maximum absolute atomic E-state index is 12.2. The summed E-state index contributed by atoms with van der Waals surface area (Å²) in [6.07, 6.45) is -0.594. The van der Waals surface area contributed by atoms with E-state index in [-0.39, 0.29) is 12.5 Å². The molecule has 2 aromatic rings. The van der Waals surface area contributed by atoms with Crippen LogP contribution < -0.4 is 15.0 Å². The molecule has 5 nitrogen and oxygen atoms in total. The van der Waals surface area contributed by atoms with Crippen LogP contribution in [0.5, 0.6) is 5.75 Å². The molecule has 0 saturated carbocycles. The van der Waals surface area contributed by atoms with Crippen molar-refractivity contribution in [2.45, 2.75) is 20.0 Å². The molecule has 2 aromatic carbocycles. The van der Waals surface area contributed by atoms with E-state index in [0.717, 1.165) is 11.3 Å². The number of hydrogen-bond acceptors (Lipinski definition) is 4. The van der Waals surface area contributed by atoms with Gasteiger partial charge in [-0.2, -0.15) is 0 Å². The highest BCUT2D eigenvalue weighted by Gasteiger charge is 2.15. The third kappa shape index (κ3) is 4.99. The van der Waals surface area contributed by atoms with Gasteiger partial charge in [0.25, 0.3) is 5.91 Å². The standard InChI is InChI=1S/C19H24N2O3/c1-14-5-4-6-18(13-14)24-15(2)19(23)20-16-7-9-17(10-8-16)21(3)11-12-22/h4-10,13,15,22H,11-12H2,1-3H3,(H,20,23). The summed E-state index contributed by atoms with van der Waals surface area (Å²) in [7, 11) is 1.90. The summed E-state index contributed by atoms with van der Waals surface area (Å²) in [5, 5.41) is 11.8. The highest BCUT2D eigenvalue weighted by atomic mass is 16.5. The fourth-order valence-corrected chi connectivity index (χ4v) is 2.27. The van der Waals surface area contributed by atoms with Gasteiger partial charge in [0.05, 0.1) is 6.61 Å². The van der Waals surface area contributed by atoms with E-state index in [9.17, 15) is 4.79 Å². The minimum Gasteiger partial charge on any atom is -0.481 e. The number of nitrogens with one attached hydrogen (secondary N) is 1. The van der Waals surface area contributed by atoms with Crippen LogP contribution in [0.3, 0.4) is 0 Å². The summed E-state index contributed by atoms with van der Waals surface area (Å²) in [6, 6.07) is 15.1. The first-order valence-corrected chi connectivity index (χ1v) is 7.96. The Kier molecular flexibility index (Phi) is 6.21. The molecule has 0 bridgehead atoms. The van der Waals surface area contributed by atoms with Gasteiger partial charge in [-0.1, -0.05) is 12.1 Å². The van der Waals surface area contributed by atoms with Crippen LogP contribution in [0.15, 0.2) is 48.5 Å². The number of ether oxygens (including phenoxy) is 1. The van der Waals surface area contributed by atoms with E-state index in [1.165, 1.54) is 0 Å². The Morgan fingerprint density at radius 2 is 1.96 bits per heavy atom. The first kappa shape index (κ1) is 17.8. The number of aryl methyl sites for hydroxylation is 1. The Bertz CT molecular complexity index is 671. The predicted molar refractivity (Wildman–Crippen MR) is 96.7 cm³/mol. The van der Waals surface area contributed by atoms with Gasteiger partial charge < -0.3 is 20.1 Å². The molecular formula is C19H24N2O3. The molecule has 0 heterocycles. The van der Waals surface area contributed by atoms with E-state index in [4.69, 9.17) is 9.84 Å². The molecule has 0 aliphatic rings. The van der Waals surface area contributed by atoms with Crippen molar-refractivity contribution >= 4 is 17.3 Å². The molecule has 0 radical (unpaired) electrons. The summed E-state index contributed by atoms with van der Waals surface area (Å²) < 4.78 is 5.68. The number of amides is 1. The van der Waals surface area contributed by atoms with Crippen molar-refractivity contribution in [3.05, 3.63) is 54.1 Å². The monoisotopic (exact) mass is 328 g/mol. The number of benzene rings is 2. The number of aliphatic hydroxyl groups is 1. The Morgan fingerprint density at radius 1 is 1.25 bits per heavy atom. The van der Waals surface area contributed by atoms with Crippen molar-refractivity contribution in [3.63, 3.8) is 0 Å². The van der Waals surface area contributed by atoms with Crippen LogP contribution in [-0.4, -0.2) is 37.3 Å². The lowest BCUT2D eigenvalue weighted by molar-refractivity contribution is -0.122. The highest BCUT2D eigenvalue weighted by Crippen LogP contribution is 2.18. The quantitative estimate of drug-likeness (QED) is 0.820. The topological polar surface area (TPSA) is 61.8 Å². The molecule has 2 N–H and O–H groups in total. The first-order valence-electron chi connectivity index (χ1n) is 7.96. The minimum absolute atomic E-state index is 0.100. The number of anilines is 2. The number of rotatable bonds is 7. The van der Waals surface area contributed by atoms with Gasteiger partial charge in [0.1, 0.15) is 5.75 Å². The van der Waals surface area contributed by atoms with Crippen LogP contribution in [0.1, 0.15) is 12.5 Å². The summed E-state index contributed by atoms with van der Waals surface area (Å²) in [5.74, 6) is 0.478. The van der Waals surface area contributed by atoms with Crippen molar-refractivity contribution in [2.75, 3.05) is 30.4 Å². The molecule has 0 aliphatic heterocycles. The third-order valence-electron chi connectivity index (χ3n) is 3.68. The number of nitrogens with zero attached hydrogens (tertiary/aromatic N) is 1. The summed E-state index contributed by atoms with van der Waals surface area (Å²) in [5.41, 5.74) is 2.77. The highest BCUT2D eigenvalue weighted by molar-refractivity contribution is 5.94. The molecule has 5 heteroatoms. The zero-order chi connectivity index (χ0) is 17.5. The van der Waals surface area contributed by atoms with Gasteiger partial charge in [-0.05, 0) is 55.8 Å². The van der Waals surface area contributed by atoms with Gasteiger partial charge in [-0.15, -0.1) is 0 Å². The van der Waals surface area contributed by atoms with Gasteiger partial charge in [0.2, 0.25) is 0 Å². The zero-order valence-corrected chi connectivity index (χ0v) is 14.3. The van der Waals surface area contributed by atoms with Crippen LogP contribution >= 0.6 is 0 Å². The summed E-state index contributed by atoms with van der Waals surface area (Å²) >= 11 is 0. The number of hydrogen-bond donors (Lipinski definition) is 2. The maximum Gasteiger partial charge on any atom is 0.265 e. The minimum atomic E-state index is -0.594. The molecule has 1 unspecified atom stereocenters. The van der Waals surface area contributed by atoms with E-state index in [1.807, 2.05) is 67.4 Å². The maximum atomic E-state index is 12.2. The van der Waals surface area contributed by atoms with Crippen molar-refractivity contribution in [2.24, 2.45) is 0 Å². The molecule has 1 amide bonds. The lowest BCUT2D eigenvalue weighted by Gasteiger charge is -2.19. The molecule has 0 aliphatic carbocycles. The molecule has 24 heavy (non-hydrogen) atoms. The molecule has 0 saturated heterocycles. The second kappa shape index (κ2) is 8.36. The molecule has 0 fully saturated rings.